The Morgan fingerprint density at radius 2 is 1.97 bits per heavy atom. The number of rotatable bonds is 5. The minimum Gasteiger partial charge on any atom is -0.497 e. The van der Waals surface area contributed by atoms with Crippen molar-refractivity contribution in [2.75, 3.05) is 34.3 Å². The molecule has 1 aliphatic heterocycles. The van der Waals surface area contributed by atoms with E-state index in [2.05, 4.69) is 0 Å². The maximum absolute atomic E-state index is 13.8. The van der Waals surface area contributed by atoms with Gasteiger partial charge in [0.25, 0.3) is 5.91 Å². The van der Waals surface area contributed by atoms with Gasteiger partial charge in [-0.05, 0) is 50.0 Å². The molecule has 0 fully saturated rings. The van der Waals surface area contributed by atoms with Crippen molar-refractivity contribution in [1.29, 1.82) is 0 Å². The molecule has 0 saturated heterocycles. The first-order valence-electron chi connectivity index (χ1n) is 9.26. The summed E-state index contributed by atoms with van der Waals surface area (Å²) in [6, 6.07) is 10.3. The molecule has 0 unspecified atom stereocenters. The van der Waals surface area contributed by atoms with Gasteiger partial charge in [0.1, 0.15) is 17.1 Å². The molecule has 4 rings (SSSR count). The minimum atomic E-state index is -0.628. The van der Waals surface area contributed by atoms with Crippen LogP contribution in [0.5, 0.6) is 5.75 Å². The smallest absolute Gasteiger partial charge is 0.290 e. The highest BCUT2D eigenvalue weighted by molar-refractivity contribution is 5.99. The summed E-state index contributed by atoms with van der Waals surface area (Å²) in [6.45, 7) is 1.02. The van der Waals surface area contributed by atoms with Crippen molar-refractivity contribution in [3.8, 4) is 5.75 Å². The number of ether oxygens (including phenoxy) is 1. The standard InChI is InChI=1S/C22H21FN2O4/c1-24(2)9-10-25-19(13-5-4-6-15(11-13)28-3)18-20(26)16-12-14(23)7-8-17(16)29-21(18)22(25)27/h4-8,11-12,19H,9-10H2,1-3H3/t19-/m0/s1. The lowest BCUT2D eigenvalue weighted by atomic mass is 9.98. The lowest BCUT2D eigenvalue weighted by Crippen LogP contribution is -2.35. The molecule has 0 radical (unpaired) electrons. The van der Waals surface area contributed by atoms with Crippen LogP contribution in [0.3, 0.4) is 0 Å². The van der Waals surface area contributed by atoms with E-state index in [4.69, 9.17) is 9.15 Å². The minimum absolute atomic E-state index is 0.0145. The van der Waals surface area contributed by atoms with Gasteiger partial charge in [0.05, 0.1) is 24.1 Å². The topological polar surface area (TPSA) is 63.0 Å². The summed E-state index contributed by atoms with van der Waals surface area (Å²) >= 11 is 0. The summed E-state index contributed by atoms with van der Waals surface area (Å²) in [6.07, 6.45) is 0. The molecule has 1 aromatic heterocycles. The zero-order valence-electron chi connectivity index (χ0n) is 16.4. The second-order valence-electron chi connectivity index (χ2n) is 7.30. The Morgan fingerprint density at radius 3 is 2.69 bits per heavy atom. The van der Waals surface area contributed by atoms with Gasteiger partial charge >= 0.3 is 0 Å². The van der Waals surface area contributed by atoms with E-state index < -0.39 is 17.3 Å². The Morgan fingerprint density at radius 1 is 1.17 bits per heavy atom. The number of hydrogen-bond acceptors (Lipinski definition) is 5. The van der Waals surface area contributed by atoms with Crippen LogP contribution in [0.1, 0.15) is 27.7 Å². The van der Waals surface area contributed by atoms with E-state index in [1.54, 1.807) is 24.1 Å². The monoisotopic (exact) mass is 396 g/mol. The van der Waals surface area contributed by atoms with Gasteiger partial charge in [-0.25, -0.2) is 4.39 Å². The maximum Gasteiger partial charge on any atom is 0.290 e. The largest absolute Gasteiger partial charge is 0.497 e. The fourth-order valence-corrected chi connectivity index (χ4v) is 3.69. The third-order valence-corrected chi connectivity index (χ3v) is 5.13. The second kappa shape index (κ2) is 7.33. The van der Waals surface area contributed by atoms with Gasteiger partial charge in [-0.2, -0.15) is 0 Å². The third-order valence-electron chi connectivity index (χ3n) is 5.13. The van der Waals surface area contributed by atoms with Crippen molar-refractivity contribution >= 4 is 16.9 Å². The molecule has 1 aliphatic rings. The van der Waals surface area contributed by atoms with Crippen LogP contribution in [0, 0.1) is 5.82 Å². The van der Waals surface area contributed by atoms with Crippen LogP contribution in [0.4, 0.5) is 4.39 Å². The van der Waals surface area contributed by atoms with E-state index in [0.717, 1.165) is 11.6 Å². The number of amides is 1. The summed E-state index contributed by atoms with van der Waals surface area (Å²) < 4.78 is 24.9. The highest BCUT2D eigenvalue weighted by Gasteiger charge is 2.42. The zero-order valence-corrected chi connectivity index (χ0v) is 16.4. The molecular weight excluding hydrogens is 375 g/mol. The van der Waals surface area contributed by atoms with Crippen molar-refractivity contribution < 1.29 is 18.3 Å². The van der Waals surface area contributed by atoms with Crippen LogP contribution in [0.2, 0.25) is 0 Å². The normalized spacial score (nSPS) is 16.0. The summed E-state index contributed by atoms with van der Waals surface area (Å²) in [4.78, 5) is 30.1. The fourth-order valence-electron chi connectivity index (χ4n) is 3.69. The molecule has 29 heavy (non-hydrogen) atoms. The van der Waals surface area contributed by atoms with Crippen LogP contribution < -0.4 is 10.2 Å². The first-order chi connectivity index (χ1) is 13.9. The molecular formula is C22H21FN2O4. The SMILES string of the molecule is COc1cccc([C@H]2c3c(oc4ccc(F)cc4c3=O)C(=O)N2CCN(C)C)c1. The van der Waals surface area contributed by atoms with Crippen LogP contribution in [-0.4, -0.2) is 50.0 Å². The Kier molecular flexibility index (Phi) is 4.84. The number of fused-ring (bicyclic) bond motifs is 2. The molecule has 3 aromatic rings. The first kappa shape index (κ1) is 19.1. The van der Waals surface area contributed by atoms with Crippen LogP contribution >= 0.6 is 0 Å². The summed E-state index contributed by atoms with van der Waals surface area (Å²) in [7, 11) is 5.38. The molecule has 0 aliphatic carbocycles. The van der Waals surface area contributed by atoms with Gasteiger partial charge in [0.2, 0.25) is 5.76 Å². The van der Waals surface area contributed by atoms with Crippen molar-refractivity contribution in [3.05, 3.63) is 75.4 Å². The molecule has 1 amide bonds. The molecule has 0 N–H and O–H groups in total. The van der Waals surface area contributed by atoms with E-state index in [-0.39, 0.29) is 28.2 Å². The first-order valence-corrected chi connectivity index (χ1v) is 9.26. The molecule has 2 heterocycles. The Hall–Kier alpha value is -3.19. The van der Waals surface area contributed by atoms with E-state index in [1.807, 2.05) is 31.1 Å². The van der Waals surface area contributed by atoms with Crippen molar-refractivity contribution in [1.82, 2.24) is 9.80 Å². The Labute approximate surface area is 167 Å². The quantitative estimate of drug-likeness (QED) is 0.663. The van der Waals surface area contributed by atoms with E-state index in [1.165, 1.54) is 12.1 Å². The molecule has 7 heteroatoms. The van der Waals surface area contributed by atoms with Crippen molar-refractivity contribution in [2.24, 2.45) is 0 Å². The lowest BCUT2D eigenvalue weighted by Gasteiger charge is -2.26. The molecule has 150 valence electrons. The second-order valence-corrected chi connectivity index (χ2v) is 7.30. The van der Waals surface area contributed by atoms with E-state index in [9.17, 15) is 14.0 Å². The number of likely N-dealkylation sites (N-methyl/N-ethyl adjacent to an activating group) is 1. The van der Waals surface area contributed by atoms with Crippen molar-refractivity contribution in [3.63, 3.8) is 0 Å². The van der Waals surface area contributed by atoms with Gasteiger partial charge in [-0.1, -0.05) is 12.1 Å². The molecule has 0 saturated carbocycles. The Balaban J connectivity index is 1.95. The highest BCUT2D eigenvalue weighted by atomic mass is 19.1. The van der Waals surface area contributed by atoms with Gasteiger partial charge in [0, 0.05) is 13.1 Å². The predicted molar refractivity (Wildman–Crippen MR) is 107 cm³/mol. The zero-order chi connectivity index (χ0) is 20.7. The molecule has 0 spiro atoms. The van der Waals surface area contributed by atoms with Gasteiger partial charge in [0.15, 0.2) is 5.43 Å². The fraction of sp³-hybridized carbons (Fsp3) is 0.273. The molecule has 6 nitrogen and oxygen atoms in total. The van der Waals surface area contributed by atoms with Gasteiger partial charge in [-0.15, -0.1) is 0 Å². The van der Waals surface area contributed by atoms with Gasteiger partial charge in [-0.3, -0.25) is 9.59 Å². The van der Waals surface area contributed by atoms with E-state index in [0.29, 0.717) is 18.8 Å². The number of nitrogens with zero attached hydrogens (tertiary/aromatic N) is 2. The number of carbonyl (C=O) groups excluding carboxylic acids is 1. The number of methoxy groups -OCH3 is 1. The average molecular weight is 396 g/mol. The average Bonchev–Trinajstić information content (AvgIpc) is 2.99. The van der Waals surface area contributed by atoms with Crippen LogP contribution in [0.15, 0.2) is 51.7 Å². The predicted octanol–water partition coefficient (Wildman–Crippen LogP) is 3.05. The maximum atomic E-state index is 13.8. The number of hydrogen-bond donors (Lipinski definition) is 0. The highest BCUT2D eigenvalue weighted by Crippen LogP contribution is 2.38. The van der Waals surface area contributed by atoms with Gasteiger partial charge < -0.3 is 19.0 Å². The Bertz CT molecular complexity index is 1160. The van der Waals surface area contributed by atoms with Crippen LogP contribution in [0.25, 0.3) is 11.0 Å². The number of benzene rings is 2. The summed E-state index contributed by atoms with van der Waals surface area (Å²) in [5, 5.41) is 0.124. The lowest BCUT2D eigenvalue weighted by molar-refractivity contribution is 0.0716. The van der Waals surface area contributed by atoms with E-state index >= 15 is 0 Å². The molecule has 0 bridgehead atoms. The summed E-state index contributed by atoms with van der Waals surface area (Å²) in [5.41, 5.74) is 0.773. The summed E-state index contributed by atoms with van der Waals surface area (Å²) in [5.74, 6) is -0.248. The number of carbonyl (C=O) groups is 1. The third kappa shape index (κ3) is 3.27. The molecule has 1 atom stereocenters. The van der Waals surface area contributed by atoms with Crippen LogP contribution in [-0.2, 0) is 0 Å². The number of halogens is 1. The molecule has 2 aromatic carbocycles. The van der Waals surface area contributed by atoms with Crippen molar-refractivity contribution in [2.45, 2.75) is 6.04 Å².